The van der Waals surface area contributed by atoms with Gasteiger partial charge in [-0.2, -0.15) is 0 Å². The number of carbonyl (C=O) groups excluding carboxylic acids is 2. The third-order valence-electron chi connectivity index (χ3n) is 4.09. The van der Waals surface area contributed by atoms with Gasteiger partial charge in [-0.3, -0.25) is 35.3 Å². The lowest BCUT2D eigenvalue weighted by atomic mass is 10.2. The number of hydrazine groups is 1. The highest BCUT2D eigenvalue weighted by Crippen LogP contribution is 2.20. The van der Waals surface area contributed by atoms with Gasteiger partial charge in [-0.1, -0.05) is 29.8 Å². The number of non-ortho nitro benzene ring substituents is 1. The molecule has 3 rings (SSSR count). The van der Waals surface area contributed by atoms with E-state index in [1.807, 2.05) is 0 Å². The van der Waals surface area contributed by atoms with Crippen LogP contribution in [0.4, 0.5) is 11.4 Å². The van der Waals surface area contributed by atoms with E-state index in [0.717, 1.165) is 12.1 Å². The number of hydrogen-bond acceptors (Lipinski definition) is 6. The molecule has 32 heavy (non-hydrogen) atoms. The fraction of sp³-hybridized carbons (Fsp3) is 0. The predicted molar refractivity (Wildman–Crippen MR) is 117 cm³/mol. The number of nitrogens with zero attached hydrogens (tertiary/aromatic N) is 1. The maximum Gasteiger partial charge on any atom is 0.270 e. The van der Waals surface area contributed by atoms with Gasteiger partial charge in [0.1, 0.15) is 0 Å². The molecular weight excluding hydrogens is 460 g/mol. The number of nitro groups is 1. The summed E-state index contributed by atoms with van der Waals surface area (Å²) in [4.78, 5) is 34.5. The summed E-state index contributed by atoms with van der Waals surface area (Å²) in [5.74, 6) is -1.57. The van der Waals surface area contributed by atoms with Gasteiger partial charge in [-0.25, -0.2) is 8.42 Å². The zero-order valence-electron chi connectivity index (χ0n) is 16.1. The Hall–Kier alpha value is -3.96. The van der Waals surface area contributed by atoms with Gasteiger partial charge in [0.2, 0.25) is 0 Å². The Labute approximate surface area is 187 Å². The third kappa shape index (κ3) is 5.59. The van der Waals surface area contributed by atoms with E-state index in [4.69, 9.17) is 11.6 Å². The first-order valence-corrected chi connectivity index (χ1v) is 10.8. The van der Waals surface area contributed by atoms with Crippen molar-refractivity contribution in [3.05, 3.63) is 99.1 Å². The molecule has 2 amide bonds. The van der Waals surface area contributed by atoms with Crippen LogP contribution in [0.15, 0.2) is 77.7 Å². The molecular formula is C20H15ClN4O6S. The van der Waals surface area contributed by atoms with Gasteiger partial charge in [0.05, 0.1) is 15.5 Å². The number of halogens is 1. The van der Waals surface area contributed by atoms with Crippen LogP contribution in [0, 0.1) is 10.1 Å². The van der Waals surface area contributed by atoms with Crippen LogP contribution >= 0.6 is 11.6 Å². The van der Waals surface area contributed by atoms with Crippen LogP contribution in [0.1, 0.15) is 20.7 Å². The molecule has 10 nitrogen and oxygen atoms in total. The molecule has 0 heterocycles. The SMILES string of the molecule is O=C(NNC(=O)c1cccc(S(=O)(=O)Nc2cccc(Cl)c2)c1)c1cccc([N+](=O)[O-])c1. The van der Waals surface area contributed by atoms with Crippen LogP contribution < -0.4 is 15.6 Å². The summed E-state index contributed by atoms with van der Waals surface area (Å²) in [6.07, 6.45) is 0. The standard InChI is InChI=1S/C20H15ClN4O6S/c21-15-6-3-7-16(12-15)24-32(30,31)18-9-2-5-14(11-18)20(27)23-22-19(26)13-4-1-8-17(10-13)25(28)29/h1-12,24H,(H,22,26)(H,23,27). The van der Waals surface area contributed by atoms with Gasteiger partial charge >= 0.3 is 0 Å². The zero-order valence-corrected chi connectivity index (χ0v) is 17.7. The fourth-order valence-electron chi connectivity index (χ4n) is 2.59. The van der Waals surface area contributed by atoms with Crippen LogP contribution in [0.5, 0.6) is 0 Å². The lowest BCUT2D eigenvalue weighted by Gasteiger charge is -2.11. The number of sulfonamides is 1. The Balaban J connectivity index is 1.70. The van der Waals surface area contributed by atoms with E-state index >= 15 is 0 Å². The first kappa shape index (κ1) is 22.7. The number of carbonyl (C=O) groups is 2. The van der Waals surface area contributed by atoms with Gasteiger partial charge < -0.3 is 0 Å². The highest BCUT2D eigenvalue weighted by molar-refractivity contribution is 7.92. The summed E-state index contributed by atoms with van der Waals surface area (Å²) in [6.45, 7) is 0. The average Bonchev–Trinajstić information content (AvgIpc) is 2.77. The van der Waals surface area contributed by atoms with Crippen LogP contribution in [-0.4, -0.2) is 25.2 Å². The molecule has 0 fully saturated rings. The van der Waals surface area contributed by atoms with Crippen molar-refractivity contribution in [1.29, 1.82) is 0 Å². The van der Waals surface area contributed by atoms with Gasteiger partial charge in [-0.15, -0.1) is 0 Å². The minimum Gasteiger partial charge on any atom is -0.280 e. The fourth-order valence-corrected chi connectivity index (χ4v) is 3.87. The highest BCUT2D eigenvalue weighted by atomic mass is 35.5. The summed E-state index contributed by atoms with van der Waals surface area (Å²) in [7, 11) is -4.01. The summed E-state index contributed by atoms with van der Waals surface area (Å²) in [5, 5.41) is 11.2. The summed E-state index contributed by atoms with van der Waals surface area (Å²) in [5.41, 5.74) is 4.15. The van der Waals surface area contributed by atoms with Crippen molar-refractivity contribution < 1.29 is 22.9 Å². The van der Waals surface area contributed by atoms with Crippen molar-refractivity contribution >= 4 is 44.8 Å². The molecule has 0 atom stereocenters. The Morgan fingerprint density at radius 1 is 0.844 bits per heavy atom. The molecule has 3 aromatic rings. The van der Waals surface area contributed by atoms with Crippen LogP contribution in [-0.2, 0) is 10.0 Å². The number of rotatable bonds is 6. The number of hydrogen-bond donors (Lipinski definition) is 3. The van der Waals surface area contributed by atoms with Crippen molar-refractivity contribution in [1.82, 2.24) is 10.9 Å². The Morgan fingerprint density at radius 3 is 2.06 bits per heavy atom. The van der Waals surface area contributed by atoms with Crippen molar-refractivity contribution in [3.8, 4) is 0 Å². The van der Waals surface area contributed by atoms with E-state index in [9.17, 15) is 28.1 Å². The summed E-state index contributed by atoms with van der Waals surface area (Å²) in [6, 6.07) is 16.2. The third-order valence-corrected chi connectivity index (χ3v) is 5.71. The number of anilines is 1. The van der Waals surface area contributed by atoms with Gasteiger partial charge in [-0.05, 0) is 42.5 Å². The first-order chi connectivity index (χ1) is 15.2. The highest BCUT2D eigenvalue weighted by Gasteiger charge is 2.18. The second-order valence-electron chi connectivity index (χ2n) is 6.36. The molecule has 0 saturated heterocycles. The molecule has 0 radical (unpaired) electrons. The predicted octanol–water partition coefficient (Wildman–Crippen LogP) is 3.12. The quantitative estimate of drug-likeness (QED) is 0.369. The molecule has 12 heteroatoms. The minimum atomic E-state index is -4.01. The topological polar surface area (TPSA) is 148 Å². The molecule has 0 aliphatic heterocycles. The second-order valence-corrected chi connectivity index (χ2v) is 8.48. The van der Waals surface area contributed by atoms with Crippen molar-refractivity contribution in [2.45, 2.75) is 4.90 Å². The molecule has 0 bridgehead atoms. The van der Waals surface area contributed by atoms with E-state index in [1.54, 1.807) is 12.1 Å². The molecule has 3 N–H and O–H groups in total. The normalized spacial score (nSPS) is 10.8. The van der Waals surface area contributed by atoms with Crippen LogP contribution in [0.25, 0.3) is 0 Å². The van der Waals surface area contributed by atoms with E-state index in [0.29, 0.717) is 5.02 Å². The zero-order chi connectivity index (χ0) is 23.3. The lowest BCUT2D eigenvalue weighted by molar-refractivity contribution is -0.384. The molecule has 164 valence electrons. The summed E-state index contributed by atoms with van der Waals surface area (Å²) < 4.78 is 27.6. The Morgan fingerprint density at radius 2 is 1.44 bits per heavy atom. The molecule has 0 saturated carbocycles. The van der Waals surface area contributed by atoms with Crippen LogP contribution in [0.3, 0.4) is 0 Å². The molecule has 0 unspecified atom stereocenters. The molecule has 3 aromatic carbocycles. The monoisotopic (exact) mass is 474 g/mol. The van der Waals surface area contributed by atoms with Gasteiger partial charge in [0, 0.05) is 28.3 Å². The first-order valence-electron chi connectivity index (χ1n) is 8.89. The maximum absolute atomic E-state index is 12.6. The molecule has 0 aliphatic carbocycles. The van der Waals surface area contributed by atoms with E-state index < -0.39 is 26.8 Å². The Kier molecular flexibility index (Phi) is 6.71. The number of nitro benzene ring substituents is 1. The number of nitrogens with one attached hydrogen (secondary N) is 3. The van der Waals surface area contributed by atoms with Crippen molar-refractivity contribution in [2.24, 2.45) is 0 Å². The van der Waals surface area contributed by atoms with E-state index in [-0.39, 0.29) is 27.4 Å². The Bertz CT molecular complexity index is 1310. The van der Waals surface area contributed by atoms with Crippen molar-refractivity contribution in [3.63, 3.8) is 0 Å². The molecule has 0 spiro atoms. The lowest BCUT2D eigenvalue weighted by Crippen LogP contribution is -2.41. The van der Waals surface area contributed by atoms with Crippen LogP contribution in [0.2, 0.25) is 5.02 Å². The average molecular weight is 475 g/mol. The van der Waals surface area contributed by atoms with Crippen molar-refractivity contribution in [2.75, 3.05) is 4.72 Å². The second kappa shape index (κ2) is 9.45. The number of amides is 2. The minimum absolute atomic E-state index is 0.0402. The maximum atomic E-state index is 12.6. The summed E-state index contributed by atoms with van der Waals surface area (Å²) >= 11 is 5.86. The largest absolute Gasteiger partial charge is 0.280 e. The molecule has 0 aromatic heterocycles. The van der Waals surface area contributed by atoms with E-state index in [2.05, 4.69) is 15.6 Å². The smallest absolute Gasteiger partial charge is 0.270 e. The van der Waals surface area contributed by atoms with E-state index in [1.165, 1.54) is 48.5 Å². The molecule has 0 aliphatic rings. The van der Waals surface area contributed by atoms with Gasteiger partial charge in [0.25, 0.3) is 27.5 Å². The number of benzene rings is 3. The van der Waals surface area contributed by atoms with Gasteiger partial charge in [0.15, 0.2) is 0 Å².